The third kappa shape index (κ3) is 11.9. The largest absolute Gasteiger partial charge is 0.516 e. The summed E-state index contributed by atoms with van der Waals surface area (Å²) >= 11 is 0. The fraction of sp³-hybridized carbons (Fsp3) is 0.333. The van der Waals surface area contributed by atoms with Crippen LogP contribution in [0.4, 0.5) is 0 Å². The van der Waals surface area contributed by atoms with Crippen LogP contribution >= 0.6 is 0 Å². The van der Waals surface area contributed by atoms with Gasteiger partial charge < -0.3 is 14.7 Å². The molecule has 0 spiro atoms. The molecule has 1 amide bonds. The summed E-state index contributed by atoms with van der Waals surface area (Å²) in [6.45, 7) is 11.8. The summed E-state index contributed by atoms with van der Waals surface area (Å²) in [6.07, 6.45) is 5.13. The van der Waals surface area contributed by atoms with Crippen molar-refractivity contribution in [2.24, 2.45) is 0 Å². The lowest BCUT2D eigenvalue weighted by Gasteiger charge is -2.05. The van der Waals surface area contributed by atoms with Crippen LogP contribution in [0.2, 0.25) is 0 Å². The van der Waals surface area contributed by atoms with Crippen molar-refractivity contribution >= 4 is 11.9 Å². The highest BCUT2D eigenvalue weighted by Gasteiger charge is 2.15. The Hall–Kier alpha value is -2.04. The molecule has 0 radical (unpaired) electrons. The molecule has 0 aliphatic carbocycles. The molecule has 0 aromatic carbocycles. The van der Waals surface area contributed by atoms with Gasteiger partial charge in [-0.05, 0) is 12.6 Å². The molecule has 1 aliphatic rings. The summed E-state index contributed by atoms with van der Waals surface area (Å²) < 4.78 is 4.17. The van der Waals surface area contributed by atoms with Crippen molar-refractivity contribution in [3.63, 3.8) is 0 Å². The van der Waals surface area contributed by atoms with Crippen LogP contribution in [0.3, 0.4) is 0 Å². The molecule has 0 atom stereocenters. The molecule has 5 heteroatoms. The quantitative estimate of drug-likeness (QED) is 0.594. The average Bonchev–Trinajstić information content (AvgIpc) is 2.65. The van der Waals surface area contributed by atoms with Crippen molar-refractivity contribution in [3.8, 4) is 0 Å². The Balaban J connectivity index is 0. The minimum atomic E-state index is -0.329. The number of carbonyl (C=O) groups excluding carboxylic acids is 2. The van der Waals surface area contributed by atoms with Crippen LogP contribution < -0.4 is 0 Å². The van der Waals surface area contributed by atoms with Crippen molar-refractivity contribution in [1.82, 2.24) is 4.90 Å². The van der Waals surface area contributed by atoms with Crippen LogP contribution in [0.25, 0.3) is 0 Å². The number of aliphatic hydroxyl groups is 1. The molecule has 0 aromatic rings. The van der Waals surface area contributed by atoms with Crippen LogP contribution in [0.5, 0.6) is 0 Å². The monoisotopic (exact) mass is 241 g/mol. The number of hydrogen-bond donors (Lipinski definition) is 1. The van der Waals surface area contributed by atoms with E-state index in [1.165, 1.54) is 6.92 Å². The first-order chi connectivity index (χ1) is 8.03. The Morgan fingerprint density at radius 2 is 2.00 bits per heavy atom. The van der Waals surface area contributed by atoms with Crippen LogP contribution in [0.15, 0.2) is 38.5 Å². The van der Waals surface area contributed by atoms with E-state index in [0.29, 0.717) is 6.42 Å². The maximum absolute atomic E-state index is 10.7. The first-order valence-corrected chi connectivity index (χ1v) is 4.98. The maximum Gasteiger partial charge on any atom is 0.307 e. The summed E-state index contributed by atoms with van der Waals surface area (Å²) in [4.78, 5) is 22.1. The van der Waals surface area contributed by atoms with Gasteiger partial charge in [-0.25, -0.2) is 0 Å². The molecule has 96 valence electrons. The minimum Gasteiger partial charge on any atom is -0.516 e. The molecule has 0 unspecified atom stereocenters. The normalized spacial score (nSPS) is 12.3. The van der Waals surface area contributed by atoms with E-state index in [4.69, 9.17) is 5.11 Å². The van der Waals surface area contributed by atoms with Crippen molar-refractivity contribution in [3.05, 3.63) is 38.5 Å². The van der Waals surface area contributed by atoms with Gasteiger partial charge in [-0.3, -0.25) is 9.59 Å². The number of aliphatic hydroxyl groups excluding tert-OH is 1. The van der Waals surface area contributed by atoms with E-state index in [-0.39, 0.29) is 11.9 Å². The third-order valence-corrected chi connectivity index (χ3v) is 1.58. The van der Waals surface area contributed by atoms with Crippen molar-refractivity contribution < 1.29 is 19.4 Å². The molecule has 1 N–H and O–H groups in total. The summed E-state index contributed by atoms with van der Waals surface area (Å²) in [5.74, 6) is -0.120. The number of amides is 1. The number of ether oxygens (including phenoxy) is 1. The predicted octanol–water partition coefficient (Wildman–Crippen LogP) is 2.13. The summed E-state index contributed by atoms with van der Waals surface area (Å²) in [7, 11) is 0. The second-order valence-corrected chi connectivity index (χ2v) is 2.83. The molecule has 1 rings (SSSR count). The second-order valence-electron chi connectivity index (χ2n) is 2.83. The molecular formula is C12H19NO4. The Morgan fingerprint density at radius 1 is 1.47 bits per heavy atom. The highest BCUT2D eigenvalue weighted by molar-refractivity contribution is 5.78. The lowest BCUT2D eigenvalue weighted by molar-refractivity contribution is -0.135. The van der Waals surface area contributed by atoms with Gasteiger partial charge in [0.05, 0.1) is 12.5 Å². The molecule has 0 saturated carbocycles. The first-order valence-electron chi connectivity index (χ1n) is 4.98. The molecule has 1 aliphatic heterocycles. The van der Waals surface area contributed by atoms with Crippen LogP contribution in [0, 0.1) is 0 Å². The van der Waals surface area contributed by atoms with Gasteiger partial charge in [0.25, 0.3) is 0 Å². The number of esters is 1. The molecule has 1 fully saturated rings. The van der Waals surface area contributed by atoms with E-state index in [0.717, 1.165) is 25.5 Å². The Morgan fingerprint density at radius 3 is 2.12 bits per heavy atom. The number of rotatable bonds is 2. The molecule has 5 nitrogen and oxygen atoms in total. The van der Waals surface area contributed by atoms with E-state index in [9.17, 15) is 9.59 Å². The Kier molecular flexibility index (Phi) is 12.3. The maximum atomic E-state index is 10.7. The second kappa shape index (κ2) is 12.0. The molecule has 1 saturated heterocycles. The van der Waals surface area contributed by atoms with Gasteiger partial charge in [0, 0.05) is 19.9 Å². The topological polar surface area (TPSA) is 66.8 Å². The Bertz CT molecular complexity index is 274. The van der Waals surface area contributed by atoms with E-state index in [2.05, 4.69) is 24.5 Å². The summed E-state index contributed by atoms with van der Waals surface area (Å²) in [5, 5.41) is 7.33. The highest BCUT2D eigenvalue weighted by atomic mass is 16.5. The lowest BCUT2D eigenvalue weighted by atomic mass is 10.4. The van der Waals surface area contributed by atoms with Gasteiger partial charge in [0.1, 0.15) is 0 Å². The molecule has 1 heterocycles. The van der Waals surface area contributed by atoms with E-state index < -0.39 is 0 Å². The van der Waals surface area contributed by atoms with E-state index in [1.54, 1.807) is 11.1 Å². The van der Waals surface area contributed by atoms with Gasteiger partial charge >= 0.3 is 5.97 Å². The standard InChI is InChI=1S/C6H9NO.C4H6O2.C2H4O/c1-2-7-5-3-4-6(7)8;1-3-6-4(2)5;1-2-3/h2H,1,3-5H2;3H,1H2,2H3;2-3H,1H2. The molecule has 0 bridgehead atoms. The van der Waals surface area contributed by atoms with Gasteiger partial charge in [-0.1, -0.05) is 19.7 Å². The fourth-order valence-corrected chi connectivity index (χ4v) is 0.979. The summed E-state index contributed by atoms with van der Waals surface area (Å²) in [6, 6.07) is 0. The summed E-state index contributed by atoms with van der Waals surface area (Å²) in [5.41, 5.74) is 0. The van der Waals surface area contributed by atoms with E-state index >= 15 is 0 Å². The van der Waals surface area contributed by atoms with Gasteiger partial charge in [-0.2, -0.15) is 0 Å². The zero-order chi connectivity index (χ0) is 13.7. The molecular weight excluding hydrogens is 222 g/mol. The fourth-order valence-electron chi connectivity index (χ4n) is 0.979. The van der Waals surface area contributed by atoms with Crippen LogP contribution in [-0.4, -0.2) is 28.4 Å². The van der Waals surface area contributed by atoms with Gasteiger partial charge in [0.2, 0.25) is 5.91 Å². The van der Waals surface area contributed by atoms with Crippen molar-refractivity contribution in [2.45, 2.75) is 19.8 Å². The van der Waals surface area contributed by atoms with Gasteiger partial charge in [0.15, 0.2) is 0 Å². The first kappa shape index (κ1) is 17.4. The number of carbonyl (C=O) groups is 2. The zero-order valence-electron chi connectivity index (χ0n) is 10.1. The predicted molar refractivity (Wildman–Crippen MR) is 65.9 cm³/mol. The SMILES string of the molecule is C=CN1CCCC1=O.C=CO.C=COC(C)=O. The zero-order valence-corrected chi connectivity index (χ0v) is 10.1. The van der Waals surface area contributed by atoms with Gasteiger partial charge in [-0.15, -0.1) is 0 Å². The highest BCUT2D eigenvalue weighted by Crippen LogP contribution is 2.08. The van der Waals surface area contributed by atoms with Crippen LogP contribution in [0.1, 0.15) is 19.8 Å². The molecule has 17 heavy (non-hydrogen) atoms. The van der Waals surface area contributed by atoms with E-state index in [1.807, 2.05) is 0 Å². The number of nitrogens with zero attached hydrogens (tertiary/aromatic N) is 1. The Labute approximate surface area is 102 Å². The average molecular weight is 241 g/mol. The van der Waals surface area contributed by atoms with Crippen molar-refractivity contribution in [1.29, 1.82) is 0 Å². The minimum absolute atomic E-state index is 0.208. The molecule has 0 aromatic heterocycles. The third-order valence-electron chi connectivity index (χ3n) is 1.58. The van der Waals surface area contributed by atoms with Crippen molar-refractivity contribution in [2.75, 3.05) is 6.54 Å². The number of likely N-dealkylation sites (tertiary alicyclic amines) is 1. The lowest BCUT2D eigenvalue weighted by Crippen LogP contribution is -2.16. The van der Waals surface area contributed by atoms with Crippen LogP contribution in [-0.2, 0) is 14.3 Å². The number of hydrogen-bond acceptors (Lipinski definition) is 4. The smallest absolute Gasteiger partial charge is 0.307 e.